The van der Waals surface area contributed by atoms with Crippen LogP contribution in [0.25, 0.3) is 0 Å². The maximum Gasteiger partial charge on any atom is 0.110 e. The van der Waals surface area contributed by atoms with Gasteiger partial charge in [-0.15, -0.1) is 11.3 Å². The van der Waals surface area contributed by atoms with Crippen LogP contribution in [-0.2, 0) is 5.60 Å². The molecule has 0 bridgehead atoms. The second-order valence-corrected chi connectivity index (χ2v) is 3.62. The van der Waals surface area contributed by atoms with Gasteiger partial charge in [-0.05, 0) is 12.3 Å². The van der Waals surface area contributed by atoms with Crippen molar-refractivity contribution in [3.63, 3.8) is 0 Å². The van der Waals surface area contributed by atoms with Crippen LogP contribution in [-0.4, -0.2) is 10.1 Å². The second kappa shape index (κ2) is 1.80. The van der Waals surface area contributed by atoms with E-state index >= 15 is 0 Å². The Balaban J connectivity index is 2.30. The summed E-state index contributed by atoms with van der Waals surface area (Å²) in [4.78, 5) is 4.07. The van der Waals surface area contributed by atoms with E-state index in [9.17, 15) is 5.11 Å². The summed E-state index contributed by atoms with van der Waals surface area (Å²) in [6.07, 6.45) is 0.872. The van der Waals surface area contributed by atoms with Crippen molar-refractivity contribution in [3.05, 3.63) is 16.6 Å². The number of rotatable bonds is 1. The topological polar surface area (TPSA) is 33.1 Å². The van der Waals surface area contributed by atoms with Gasteiger partial charge in [0.2, 0.25) is 0 Å². The average Bonchev–Trinajstić information content (AvgIpc) is 2.35. The molecule has 1 fully saturated rings. The lowest BCUT2D eigenvalue weighted by Crippen LogP contribution is -2.07. The molecule has 3 heteroatoms. The van der Waals surface area contributed by atoms with Crippen molar-refractivity contribution in [3.8, 4) is 0 Å². The zero-order valence-corrected chi connectivity index (χ0v) is 6.56. The van der Waals surface area contributed by atoms with Crippen LogP contribution in [0.1, 0.15) is 19.0 Å². The molecule has 1 aromatic heterocycles. The molecule has 0 aromatic carbocycles. The number of thiazole rings is 1. The summed E-state index contributed by atoms with van der Waals surface area (Å²) in [6, 6.07) is 0. The van der Waals surface area contributed by atoms with Gasteiger partial charge < -0.3 is 5.11 Å². The van der Waals surface area contributed by atoms with Crippen molar-refractivity contribution in [1.82, 2.24) is 4.98 Å². The molecule has 2 unspecified atom stereocenters. The first kappa shape index (κ1) is 6.31. The van der Waals surface area contributed by atoms with Gasteiger partial charge in [-0.2, -0.15) is 0 Å². The highest BCUT2D eigenvalue weighted by Crippen LogP contribution is 2.50. The van der Waals surface area contributed by atoms with Gasteiger partial charge in [0.15, 0.2) is 0 Å². The minimum absolute atomic E-state index is 0.398. The van der Waals surface area contributed by atoms with Crippen LogP contribution in [0.3, 0.4) is 0 Å². The third-order valence-corrected chi connectivity index (χ3v) is 2.73. The lowest BCUT2D eigenvalue weighted by molar-refractivity contribution is 0.130. The van der Waals surface area contributed by atoms with Gasteiger partial charge in [0.1, 0.15) is 5.60 Å². The lowest BCUT2D eigenvalue weighted by Gasteiger charge is -2.02. The maximum atomic E-state index is 9.70. The molecule has 1 aliphatic carbocycles. The van der Waals surface area contributed by atoms with E-state index in [1.807, 2.05) is 12.3 Å². The van der Waals surface area contributed by atoms with E-state index in [-0.39, 0.29) is 0 Å². The van der Waals surface area contributed by atoms with Crippen LogP contribution in [0.2, 0.25) is 0 Å². The fraction of sp³-hybridized carbons (Fsp3) is 0.571. The number of hydrogen-bond acceptors (Lipinski definition) is 3. The lowest BCUT2D eigenvalue weighted by atomic mass is 10.2. The molecule has 2 rings (SSSR count). The molecule has 1 N–H and O–H groups in total. The van der Waals surface area contributed by atoms with E-state index in [4.69, 9.17) is 0 Å². The van der Waals surface area contributed by atoms with Gasteiger partial charge in [-0.25, -0.2) is 4.98 Å². The molecule has 0 radical (unpaired) electrons. The van der Waals surface area contributed by atoms with Crippen LogP contribution in [0.5, 0.6) is 0 Å². The molecule has 1 heterocycles. The Morgan fingerprint density at radius 1 is 1.90 bits per heavy atom. The Morgan fingerprint density at radius 2 is 2.60 bits per heavy atom. The average molecular weight is 155 g/mol. The number of nitrogens with zero attached hydrogens (tertiary/aromatic N) is 1. The van der Waals surface area contributed by atoms with Crippen LogP contribution in [0.4, 0.5) is 0 Å². The first-order chi connectivity index (χ1) is 4.73. The normalized spacial score (nSPS) is 38.0. The molecule has 1 aliphatic rings. The van der Waals surface area contributed by atoms with Crippen molar-refractivity contribution in [2.45, 2.75) is 18.9 Å². The summed E-state index contributed by atoms with van der Waals surface area (Å²) in [5, 5.41) is 11.6. The minimum Gasteiger partial charge on any atom is -0.383 e. The van der Waals surface area contributed by atoms with Crippen LogP contribution in [0, 0.1) is 5.92 Å². The number of hydrogen-bond donors (Lipinski definition) is 1. The quantitative estimate of drug-likeness (QED) is 0.664. The highest BCUT2D eigenvalue weighted by atomic mass is 32.1. The Kier molecular flexibility index (Phi) is 1.13. The minimum atomic E-state index is -0.569. The third kappa shape index (κ3) is 0.707. The Hall–Kier alpha value is -0.410. The summed E-state index contributed by atoms with van der Waals surface area (Å²) in [5.41, 5.74) is 2.04. The van der Waals surface area contributed by atoms with E-state index in [0.717, 1.165) is 12.1 Å². The maximum absolute atomic E-state index is 9.70. The summed E-state index contributed by atoms with van der Waals surface area (Å²) in [6.45, 7) is 2.04. The standard InChI is InChI=1S/C7H9NOS/c1-5-2-7(5,9)6-3-10-4-8-6/h3-5,9H,2H2,1H3. The molecule has 0 aliphatic heterocycles. The van der Waals surface area contributed by atoms with Crippen molar-refractivity contribution in [2.75, 3.05) is 0 Å². The zero-order chi connectivity index (χ0) is 7.19. The molecule has 1 saturated carbocycles. The molecule has 0 amide bonds. The van der Waals surface area contributed by atoms with E-state index in [0.29, 0.717) is 5.92 Å². The van der Waals surface area contributed by atoms with Crippen molar-refractivity contribution in [2.24, 2.45) is 5.92 Å². The molecule has 2 atom stereocenters. The van der Waals surface area contributed by atoms with Gasteiger partial charge in [0, 0.05) is 5.38 Å². The van der Waals surface area contributed by atoms with Gasteiger partial charge >= 0.3 is 0 Å². The number of aromatic nitrogens is 1. The molecule has 1 aromatic rings. The summed E-state index contributed by atoms with van der Waals surface area (Å²) in [7, 11) is 0. The fourth-order valence-electron chi connectivity index (χ4n) is 1.19. The zero-order valence-electron chi connectivity index (χ0n) is 5.74. The Morgan fingerprint density at radius 3 is 3.00 bits per heavy atom. The smallest absolute Gasteiger partial charge is 0.110 e. The SMILES string of the molecule is CC1CC1(O)c1cscn1. The fourth-order valence-corrected chi connectivity index (χ4v) is 1.82. The van der Waals surface area contributed by atoms with E-state index in [1.165, 1.54) is 11.3 Å². The highest BCUT2D eigenvalue weighted by molar-refractivity contribution is 7.07. The molecular weight excluding hydrogens is 146 g/mol. The molecule has 10 heavy (non-hydrogen) atoms. The molecule has 54 valence electrons. The molecule has 0 saturated heterocycles. The first-order valence-corrected chi connectivity index (χ1v) is 4.29. The summed E-state index contributed by atoms with van der Waals surface area (Å²) in [5.74, 6) is 0.398. The van der Waals surface area contributed by atoms with E-state index in [2.05, 4.69) is 4.98 Å². The summed E-state index contributed by atoms with van der Waals surface area (Å²) >= 11 is 1.54. The highest BCUT2D eigenvalue weighted by Gasteiger charge is 2.52. The second-order valence-electron chi connectivity index (χ2n) is 2.90. The Labute approximate surface area is 63.5 Å². The van der Waals surface area contributed by atoms with Gasteiger partial charge in [0.25, 0.3) is 0 Å². The van der Waals surface area contributed by atoms with E-state index in [1.54, 1.807) is 5.51 Å². The van der Waals surface area contributed by atoms with Crippen molar-refractivity contribution in [1.29, 1.82) is 0 Å². The summed E-state index contributed by atoms with van der Waals surface area (Å²) < 4.78 is 0. The monoisotopic (exact) mass is 155 g/mol. The largest absolute Gasteiger partial charge is 0.383 e. The van der Waals surface area contributed by atoms with Gasteiger partial charge in [0.05, 0.1) is 11.2 Å². The van der Waals surface area contributed by atoms with Gasteiger partial charge in [-0.1, -0.05) is 6.92 Å². The Bertz CT molecular complexity index is 234. The van der Waals surface area contributed by atoms with Crippen LogP contribution >= 0.6 is 11.3 Å². The molecule has 2 nitrogen and oxygen atoms in total. The van der Waals surface area contributed by atoms with Crippen LogP contribution < -0.4 is 0 Å². The van der Waals surface area contributed by atoms with E-state index < -0.39 is 5.60 Å². The third-order valence-electron chi connectivity index (χ3n) is 2.15. The van der Waals surface area contributed by atoms with Crippen molar-refractivity contribution < 1.29 is 5.11 Å². The number of aliphatic hydroxyl groups is 1. The predicted octanol–water partition coefficient (Wildman–Crippen LogP) is 1.37. The van der Waals surface area contributed by atoms with Gasteiger partial charge in [-0.3, -0.25) is 0 Å². The van der Waals surface area contributed by atoms with Crippen LogP contribution in [0.15, 0.2) is 10.9 Å². The predicted molar refractivity (Wildman–Crippen MR) is 39.8 cm³/mol. The molecule has 0 spiro atoms. The molecular formula is C7H9NOS. The van der Waals surface area contributed by atoms with Crippen molar-refractivity contribution >= 4 is 11.3 Å². The first-order valence-electron chi connectivity index (χ1n) is 3.34.